The van der Waals surface area contributed by atoms with Gasteiger partial charge in [0.05, 0.1) is 16.9 Å². The van der Waals surface area contributed by atoms with E-state index in [2.05, 4.69) is 4.98 Å². The quantitative estimate of drug-likeness (QED) is 0.215. The molecule has 0 spiro atoms. The lowest BCUT2D eigenvalue weighted by Crippen LogP contribution is -2.57. The van der Waals surface area contributed by atoms with Gasteiger partial charge in [0, 0.05) is 29.7 Å². The summed E-state index contributed by atoms with van der Waals surface area (Å²) in [5.41, 5.74) is 8.85. The van der Waals surface area contributed by atoms with Crippen molar-refractivity contribution in [1.29, 1.82) is 0 Å². The van der Waals surface area contributed by atoms with Crippen molar-refractivity contribution in [1.82, 2.24) is 4.98 Å². The number of Topliss-reactive ketones (excluding diaryl/α,β-unsaturated/α-hetero) is 2. The second-order valence-electron chi connectivity index (χ2n) is 8.84. The van der Waals surface area contributed by atoms with Gasteiger partial charge in [-0.2, -0.15) is 0 Å². The standard InChI is InChI=1S/C24H21N3O7/c25-13-8-11(14-3-1-2-4-27-14)12-6-9-5-10-7-15(28)18(23(26)33)22(32)24(10,34)21(31)16(9)20(30)17(12)19(13)29/h1-4,8-10,28-29,31,34H,5-7,25H2,(H2,26,33)/t9-,10+,24+/m1/s1. The molecule has 5 rings (SSSR count). The number of amides is 1. The maximum absolute atomic E-state index is 13.6. The summed E-state index contributed by atoms with van der Waals surface area (Å²) in [6.45, 7) is 0. The van der Waals surface area contributed by atoms with Crippen LogP contribution in [0, 0.1) is 11.8 Å². The van der Waals surface area contributed by atoms with Crippen molar-refractivity contribution in [2.75, 3.05) is 5.73 Å². The first-order chi connectivity index (χ1) is 16.1. The van der Waals surface area contributed by atoms with Gasteiger partial charge < -0.3 is 31.9 Å². The highest BCUT2D eigenvalue weighted by Crippen LogP contribution is 2.52. The molecule has 10 nitrogen and oxygen atoms in total. The van der Waals surface area contributed by atoms with Gasteiger partial charge in [-0.25, -0.2) is 0 Å². The summed E-state index contributed by atoms with van der Waals surface area (Å²) in [5.74, 6) is -6.87. The van der Waals surface area contributed by atoms with Gasteiger partial charge in [-0.1, -0.05) is 6.07 Å². The van der Waals surface area contributed by atoms with Crippen molar-refractivity contribution in [2.45, 2.75) is 24.9 Å². The number of aliphatic hydroxyl groups excluding tert-OH is 2. The number of aromatic nitrogens is 1. The Morgan fingerprint density at radius 2 is 1.88 bits per heavy atom. The Labute approximate surface area is 192 Å². The highest BCUT2D eigenvalue weighted by molar-refractivity contribution is 6.24. The van der Waals surface area contributed by atoms with Gasteiger partial charge in [-0.3, -0.25) is 19.4 Å². The highest BCUT2D eigenvalue weighted by atomic mass is 16.3. The number of nitrogen functional groups attached to an aromatic ring is 1. The lowest BCUT2D eigenvalue weighted by Gasteiger charge is -2.45. The number of benzene rings is 1. The topological polar surface area (TPSA) is 197 Å². The molecule has 10 heteroatoms. The van der Waals surface area contributed by atoms with Crippen LogP contribution in [-0.4, -0.2) is 48.5 Å². The number of ketones is 2. The smallest absolute Gasteiger partial charge is 0.255 e. The van der Waals surface area contributed by atoms with E-state index in [1.165, 1.54) is 6.07 Å². The van der Waals surface area contributed by atoms with Gasteiger partial charge in [-0.05, 0) is 42.5 Å². The SMILES string of the molecule is NC(=O)C1=C(O)C[C@@H]2C[C@@H]3Cc4c(-c5ccccn5)cc(N)c(O)c4C(=O)C3=C(O)[C@]2(O)C1=O. The van der Waals surface area contributed by atoms with E-state index in [1.54, 1.807) is 24.4 Å². The molecular formula is C24H21N3O7. The molecule has 34 heavy (non-hydrogen) atoms. The molecule has 0 saturated carbocycles. The summed E-state index contributed by atoms with van der Waals surface area (Å²) in [4.78, 5) is 42.6. The molecule has 2 aromatic rings. The molecule has 0 fully saturated rings. The third kappa shape index (κ3) is 2.72. The fourth-order valence-electron chi connectivity index (χ4n) is 5.46. The average molecular weight is 463 g/mol. The summed E-state index contributed by atoms with van der Waals surface area (Å²) in [6.07, 6.45) is 1.52. The maximum atomic E-state index is 13.6. The monoisotopic (exact) mass is 463 g/mol. The molecule has 0 radical (unpaired) electrons. The Balaban J connectivity index is 1.72. The van der Waals surface area contributed by atoms with Crippen LogP contribution in [0.15, 0.2) is 53.1 Å². The molecule has 0 unspecified atom stereocenters. The number of pyridine rings is 1. The number of nitrogens with two attached hydrogens (primary N) is 2. The van der Waals surface area contributed by atoms with E-state index in [0.29, 0.717) is 16.8 Å². The van der Waals surface area contributed by atoms with Gasteiger partial charge in [0.25, 0.3) is 5.91 Å². The van der Waals surface area contributed by atoms with Gasteiger partial charge in [0.1, 0.15) is 22.8 Å². The van der Waals surface area contributed by atoms with Crippen LogP contribution in [-0.2, 0) is 16.0 Å². The normalized spacial score (nSPS) is 26.1. The molecular weight excluding hydrogens is 442 g/mol. The van der Waals surface area contributed by atoms with E-state index in [0.717, 1.165) is 0 Å². The van der Waals surface area contributed by atoms with E-state index in [-0.39, 0.29) is 36.1 Å². The molecule has 1 amide bonds. The van der Waals surface area contributed by atoms with Crippen molar-refractivity contribution in [3.8, 4) is 17.0 Å². The summed E-state index contributed by atoms with van der Waals surface area (Å²) in [6, 6.07) is 6.74. The summed E-state index contributed by atoms with van der Waals surface area (Å²) >= 11 is 0. The van der Waals surface area contributed by atoms with E-state index in [4.69, 9.17) is 11.5 Å². The first-order valence-electron chi connectivity index (χ1n) is 10.6. The minimum atomic E-state index is -2.60. The Hall–Kier alpha value is -4.18. The number of hydrogen-bond acceptors (Lipinski definition) is 9. The Morgan fingerprint density at radius 3 is 2.53 bits per heavy atom. The number of allylic oxidation sites excluding steroid dienone is 2. The first kappa shape index (κ1) is 21.7. The number of aromatic hydroxyl groups is 1. The Kier molecular flexibility index (Phi) is 4.56. The van der Waals surface area contributed by atoms with Crippen LogP contribution in [0.4, 0.5) is 5.69 Å². The number of phenols is 1. The number of aliphatic hydroxyl groups is 3. The van der Waals surface area contributed by atoms with Crippen LogP contribution in [0.3, 0.4) is 0 Å². The molecule has 1 aromatic carbocycles. The van der Waals surface area contributed by atoms with E-state index >= 15 is 0 Å². The molecule has 3 aliphatic rings. The number of anilines is 1. The predicted molar refractivity (Wildman–Crippen MR) is 118 cm³/mol. The molecule has 0 aliphatic heterocycles. The lowest BCUT2D eigenvalue weighted by molar-refractivity contribution is -0.144. The zero-order valence-corrected chi connectivity index (χ0v) is 17.8. The van der Waals surface area contributed by atoms with Gasteiger partial charge in [0.2, 0.25) is 5.78 Å². The van der Waals surface area contributed by atoms with E-state index in [9.17, 15) is 34.8 Å². The van der Waals surface area contributed by atoms with Gasteiger partial charge in [0.15, 0.2) is 11.4 Å². The zero-order valence-electron chi connectivity index (χ0n) is 17.8. The van der Waals surface area contributed by atoms with Crippen molar-refractivity contribution >= 4 is 23.2 Å². The average Bonchev–Trinajstić information content (AvgIpc) is 2.79. The van der Waals surface area contributed by atoms with Crippen LogP contribution in [0.5, 0.6) is 5.75 Å². The Bertz CT molecular complexity index is 1360. The molecule has 174 valence electrons. The van der Waals surface area contributed by atoms with Gasteiger partial charge in [-0.15, -0.1) is 0 Å². The molecule has 0 bridgehead atoms. The number of primary amides is 1. The molecule has 1 aromatic heterocycles. The second kappa shape index (κ2) is 7.16. The molecule has 3 aliphatic carbocycles. The number of carbonyl (C=O) groups is 3. The fraction of sp³-hybridized carbons (Fsp3) is 0.250. The summed E-state index contributed by atoms with van der Waals surface area (Å²) < 4.78 is 0. The predicted octanol–water partition coefficient (Wildman–Crippen LogP) is 1.22. The molecule has 8 N–H and O–H groups in total. The van der Waals surface area contributed by atoms with Crippen molar-refractivity contribution in [3.05, 3.63) is 64.3 Å². The maximum Gasteiger partial charge on any atom is 0.255 e. The Morgan fingerprint density at radius 1 is 1.15 bits per heavy atom. The first-order valence-corrected chi connectivity index (χ1v) is 10.6. The number of fused-ring (bicyclic) bond motifs is 3. The highest BCUT2D eigenvalue weighted by Gasteiger charge is 2.59. The third-order valence-corrected chi connectivity index (χ3v) is 7.03. The largest absolute Gasteiger partial charge is 0.511 e. The number of rotatable bonds is 2. The number of nitrogens with zero attached hydrogens (tertiary/aromatic N) is 1. The fourth-order valence-corrected chi connectivity index (χ4v) is 5.46. The number of phenolic OH excluding ortho intramolecular Hbond substituents is 1. The van der Waals surface area contributed by atoms with Crippen molar-refractivity contribution in [2.24, 2.45) is 17.6 Å². The molecule has 0 saturated heterocycles. The van der Waals surface area contributed by atoms with Gasteiger partial charge >= 0.3 is 0 Å². The van der Waals surface area contributed by atoms with E-state index in [1.807, 2.05) is 0 Å². The number of carbonyl (C=O) groups excluding carboxylic acids is 3. The van der Waals surface area contributed by atoms with Crippen LogP contribution in [0.2, 0.25) is 0 Å². The minimum Gasteiger partial charge on any atom is -0.511 e. The molecule has 1 heterocycles. The van der Waals surface area contributed by atoms with Crippen LogP contribution in [0.25, 0.3) is 11.3 Å². The van der Waals surface area contributed by atoms with Crippen LogP contribution in [0.1, 0.15) is 28.8 Å². The second-order valence-corrected chi connectivity index (χ2v) is 8.84. The van der Waals surface area contributed by atoms with Crippen LogP contribution < -0.4 is 11.5 Å². The minimum absolute atomic E-state index is 0.0513. The lowest BCUT2D eigenvalue weighted by atomic mass is 9.60. The van der Waals surface area contributed by atoms with Crippen molar-refractivity contribution < 1.29 is 34.8 Å². The van der Waals surface area contributed by atoms with E-state index < -0.39 is 57.8 Å². The third-order valence-electron chi connectivity index (χ3n) is 7.03. The molecule has 3 atom stereocenters. The van der Waals surface area contributed by atoms with Crippen LogP contribution >= 0.6 is 0 Å². The zero-order chi connectivity index (χ0) is 24.5. The summed E-state index contributed by atoms with van der Waals surface area (Å²) in [5, 5.41) is 43.2. The number of hydrogen-bond donors (Lipinski definition) is 6. The summed E-state index contributed by atoms with van der Waals surface area (Å²) in [7, 11) is 0. The van der Waals surface area contributed by atoms with Crippen molar-refractivity contribution in [3.63, 3.8) is 0 Å².